The number of ether oxygens (including phenoxy) is 2. The number of carbonyl (C=O) groups excluding carboxylic acids is 3. The van der Waals surface area contributed by atoms with Crippen molar-refractivity contribution in [2.75, 3.05) is 13.2 Å². The molecule has 0 aliphatic carbocycles. The number of rotatable bonds is 8. The fraction of sp³-hybridized carbons (Fsp3) is 0.333. The average Bonchev–Trinajstić information content (AvgIpc) is 2.53. The lowest BCUT2D eigenvalue weighted by Crippen LogP contribution is -2.17. The van der Waals surface area contributed by atoms with Crippen LogP contribution < -0.4 is 0 Å². The van der Waals surface area contributed by atoms with Gasteiger partial charge in [-0.3, -0.25) is 9.59 Å². The molecule has 0 amide bonds. The van der Waals surface area contributed by atoms with E-state index in [0.29, 0.717) is 6.42 Å². The van der Waals surface area contributed by atoms with Crippen molar-refractivity contribution in [1.29, 1.82) is 0 Å². The zero-order valence-electron chi connectivity index (χ0n) is 12.2. The first-order valence-electron chi connectivity index (χ1n) is 6.79. The first-order valence-corrected chi connectivity index (χ1v) is 6.79. The first kappa shape index (κ1) is 18.3. The molecule has 8 nitrogen and oxygen atoms in total. The molecule has 0 saturated heterocycles. The summed E-state index contributed by atoms with van der Waals surface area (Å²) in [5.41, 5.74) is -0.535. The summed E-state index contributed by atoms with van der Waals surface area (Å²) in [6, 6.07) is 5.31. The van der Waals surface area contributed by atoms with Gasteiger partial charge in [0.25, 0.3) is 0 Å². The van der Waals surface area contributed by atoms with Gasteiger partial charge in [0, 0.05) is 13.0 Å². The van der Waals surface area contributed by atoms with Crippen molar-refractivity contribution in [2.24, 2.45) is 0 Å². The highest BCUT2D eigenvalue weighted by molar-refractivity contribution is 6.05. The standard InChI is InChI=1S/C15H16O8/c16-8-3-9-22-12(17)6-7-13(18)23-15(21)11-5-2-1-4-10(11)14(19)20/h1-2,4-5,16H,3,6-9H2,(H,19,20). The zero-order valence-corrected chi connectivity index (χ0v) is 12.2. The summed E-state index contributed by atoms with van der Waals surface area (Å²) in [5.74, 6) is -4.04. The van der Waals surface area contributed by atoms with E-state index in [1.807, 2.05) is 0 Å². The van der Waals surface area contributed by atoms with Gasteiger partial charge in [-0.15, -0.1) is 0 Å². The molecule has 1 aromatic carbocycles. The van der Waals surface area contributed by atoms with Crippen LogP contribution in [0.15, 0.2) is 24.3 Å². The van der Waals surface area contributed by atoms with Crippen molar-refractivity contribution < 1.29 is 38.9 Å². The largest absolute Gasteiger partial charge is 0.478 e. The van der Waals surface area contributed by atoms with Gasteiger partial charge in [-0.25, -0.2) is 9.59 Å². The SMILES string of the molecule is O=C(CCC(=O)OC(=O)c1ccccc1C(=O)O)OCCCO. The lowest BCUT2D eigenvalue weighted by Gasteiger charge is -2.06. The second-order valence-corrected chi connectivity index (χ2v) is 4.41. The van der Waals surface area contributed by atoms with Crippen molar-refractivity contribution >= 4 is 23.9 Å². The Bertz CT molecular complexity index is 593. The summed E-state index contributed by atoms with van der Waals surface area (Å²) in [7, 11) is 0. The molecule has 2 N–H and O–H groups in total. The maximum absolute atomic E-state index is 11.8. The third-order valence-corrected chi connectivity index (χ3v) is 2.68. The number of hydrogen-bond donors (Lipinski definition) is 2. The van der Waals surface area contributed by atoms with Crippen molar-refractivity contribution in [1.82, 2.24) is 0 Å². The van der Waals surface area contributed by atoms with Crippen molar-refractivity contribution in [3.8, 4) is 0 Å². The van der Waals surface area contributed by atoms with Gasteiger partial charge in [0.15, 0.2) is 0 Å². The van der Waals surface area contributed by atoms with E-state index in [1.54, 1.807) is 0 Å². The third kappa shape index (κ3) is 6.27. The minimum atomic E-state index is -1.32. The van der Waals surface area contributed by atoms with E-state index in [0.717, 1.165) is 0 Å². The van der Waals surface area contributed by atoms with Gasteiger partial charge in [-0.05, 0) is 12.1 Å². The normalized spacial score (nSPS) is 9.96. The van der Waals surface area contributed by atoms with Crippen LogP contribution in [0, 0.1) is 0 Å². The van der Waals surface area contributed by atoms with Gasteiger partial charge in [0.1, 0.15) is 0 Å². The number of carboxylic acids is 1. The highest BCUT2D eigenvalue weighted by Gasteiger charge is 2.20. The van der Waals surface area contributed by atoms with Gasteiger partial charge < -0.3 is 19.7 Å². The van der Waals surface area contributed by atoms with E-state index >= 15 is 0 Å². The monoisotopic (exact) mass is 324 g/mol. The Balaban J connectivity index is 2.50. The number of carbonyl (C=O) groups is 4. The Morgan fingerprint density at radius 2 is 1.57 bits per heavy atom. The third-order valence-electron chi connectivity index (χ3n) is 2.68. The Kier molecular flexibility index (Phi) is 7.41. The predicted molar refractivity (Wildman–Crippen MR) is 75.7 cm³/mol. The molecule has 0 saturated carbocycles. The lowest BCUT2D eigenvalue weighted by atomic mass is 10.1. The highest BCUT2D eigenvalue weighted by atomic mass is 16.6. The fourth-order valence-electron chi connectivity index (χ4n) is 1.58. The molecule has 23 heavy (non-hydrogen) atoms. The average molecular weight is 324 g/mol. The molecule has 0 unspecified atom stereocenters. The van der Waals surface area contributed by atoms with Gasteiger partial charge >= 0.3 is 23.9 Å². The summed E-state index contributed by atoms with van der Waals surface area (Å²) in [5, 5.41) is 17.5. The number of carboxylic acid groups (broad SMARTS) is 1. The molecule has 0 heterocycles. The van der Waals surface area contributed by atoms with Crippen LogP contribution in [0.4, 0.5) is 0 Å². The van der Waals surface area contributed by atoms with E-state index < -0.39 is 23.9 Å². The van der Waals surface area contributed by atoms with Crippen LogP contribution in [0.3, 0.4) is 0 Å². The van der Waals surface area contributed by atoms with Crippen LogP contribution in [0.1, 0.15) is 40.0 Å². The second-order valence-electron chi connectivity index (χ2n) is 4.41. The quantitative estimate of drug-likeness (QED) is 0.408. The summed E-state index contributed by atoms with van der Waals surface area (Å²) < 4.78 is 9.22. The van der Waals surface area contributed by atoms with Gasteiger partial charge in [0.05, 0.1) is 30.6 Å². The van der Waals surface area contributed by atoms with Crippen LogP contribution >= 0.6 is 0 Å². The number of esters is 3. The first-order chi connectivity index (χ1) is 11.0. The number of aliphatic hydroxyl groups is 1. The van der Waals surface area contributed by atoms with E-state index in [1.165, 1.54) is 24.3 Å². The Labute approximate surface area is 131 Å². The molecule has 1 rings (SSSR count). The minimum absolute atomic E-state index is 0.0370. The predicted octanol–water partition coefficient (Wildman–Crippen LogP) is 0.774. The number of aliphatic hydroxyl groups excluding tert-OH is 1. The Hall–Kier alpha value is -2.74. The number of hydrogen-bond acceptors (Lipinski definition) is 7. The van der Waals surface area contributed by atoms with Crippen molar-refractivity contribution in [2.45, 2.75) is 19.3 Å². The summed E-state index contributed by atoms with van der Waals surface area (Å²) in [6.07, 6.45) is -0.363. The minimum Gasteiger partial charge on any atom is -0.478 e. The molecule has 0 spiro atoms. The lowest BCUT2D eigenvalue weighted by molar-refractivity contribution is -0.148. The van der Waals surface area contributed by atoms with E-state index in [9.17, 15) is 19.2 Å². The Morgan fingerprint density at radius 1 is 0.957 bits per heavy atom. The van der Waals surface area contributed by atoms with Crippen LogP contribution in [-0.2, 0) is 19.1 Å². The maximum atomic E-state index is 11.8. The molecule has 0 fully saturated rings. The molecule has 0 aromatic heterocycles. The van der Waals surface area contributed by atoms with E-state index in [-0.39, 0.29) is 37.2 Å². The summed E-state index contributed by atoms with van der Waals surface area (Å²) in [4.78, 5) is 45.5. The Morgan fingerprint density at radius 3 is 2.17 bits per heavy atom. The highest BCUT2D eigenvalue weighted by Crippen LogP contribution is 2.11. The van der Waals surface area contributed by atoms with Crippen molar-refractivity contribution in [3.05, 3.63) is 35.4 Å². The van der Waals surface area contributed by atoms with Crippen LogP contribution in [0.5, 0.6) is 0 Å². The van der Waals surface area contributed by atoms with E-state index in [4.69, 9.17) is 14.9 Å². The molecule has 8 heteroatoms. The van der Waals surface area contributed by atoms with Gasteiger partial charge in [-0.1, -0.05) is 12.1 Å². The van der Waals surface area contributed by atoms with Crippen LogP contribution in [-0.4, -0.2) is 47.3 Å². The summed E-state index contributed by atoms with van der Waals surface area (Å²) in [6.45, 7) is -0.0812. The molecule has 1 aromatic rings. The zero-order chi connectivity index (χ0) is 17.2. The molecular weight excluding hydrogens is 308 g/mol. The maximum Gasteiger partial charge on any atom is 0.346 e. The van der Waals surface area contributed by atoms with Crippen molar-refractivity contribution in [3.63, 3.8) is 0 Å². The van der Waals surface area contributed by atoms with Gasteiger partial charge in [0.2, 0.25) is 0 Å². The van der Waals surface area contributed by atoms with Crippen LogP contribution in [0.25, 0.3) is 0 Å². The fourth-order valence-corrected chi connectivity index (χ4v) is 1.58. The smallest absolute Gasteiger partial charge is 0.346 e. The molecule has 0 aliphatic heterocycles. The molecule has 0 radical (unpaired) electrons. The topological polar surface area (TPSA) is 127 Å². The molecule has 124 valence electrons. The number of benzene rings is 1. The van der Waals surface area contributed by atoms with Gasteiger partial charge in [-0.2, -0.15) is 0 Å². The molecular formula is C15H16O8. The molecule has 0 aliphatic rings. The second kappa shape index (κ2) is 9.31. The molecule has 0 atom stereocenters. The van der Waals surface area contributed by atoms with E-state index in [2.05, 4.69) is 4.74 Å². The number of aromatic carboxylic acids is 1. The van der Waals surface area contributed by atoms with Crippen LogP contribution in [0.2, 0.25) is 0 Å². The summed E-state index contributed by atoms with van der Waals surface area (Å²) >= 11 is 0. The molecule has 0 bridgehead atoms.